The van der Waals surface area contributed by atoms with Crippen LogP contribution in [0.2, 0.25) is 0 Å². The Kier molecular flexibility index (Phi) is 4.25. The standard InChI is InChI=1S/C13H21N3O2S/c1-11-10-15(2)7-8-16(11)19(17,18)13-5-3-12(9-14)4-6-13/h3-6,11H,7-10,14H2,1-2H3. The van der Waals surface area contributed by atoms with Gasteiger partial charge in [-0.3, -0.25) is 0 Å². The molecule has 1 aliphatic rings. The van der Waals surface area contributed by atoms with E-state index < -0.39 is 10.0 Å². The third-order valence-corrected chi connectivity index (χ3v) is 5.56. The van der Waals surface area contributed by atoms with Crippen LogP contribution in [0.25, 0.3) is 0 Å². The Morgan fingerprint density at radius 3 is 2.42 bits per heavy atom. The van der Waals surface area contributed by atoms with Crippen molar-refractivity contribution in [3.63, 3.8) is 0 Å². The SMILES string of the molecule is CC1CN(C)CCN1S(=O)(=O)c1ccc(CN)cc1. The summed E-state index contributed by atoms with van der Waals surface area (Å²) < 4.78 is 26.7. The normalized spacial score (nSPS) is 22.6. The minimum atomic E-state index is -3.39. The highest BCUT2D eigenvalue weighted by atomic mass is 32.2. The number of piperazine rings is 1. The molecule has 1 heterocycles. The Morgan fingerprint density at radius 2 is 1.89 bits per heavy atom. The van der Waals surface area contributed by atoms with E-state index in [4.69, 9.17) is 5.73 Å². The van der Waals surface area contributed by atoms with Crippen LogP contribution < -0.4 is 5.73 Å². The molecule has 19 heavy (non-hydrogen) atoms. The molecule has 0 radical (unpaired) electrons. The quantitative estimate of drug-likeness (QED) is 0.875. The lowest BCUT2D eigenvalue weighted by Crippen LogP contribution is -2.52. The first kappa shape index (κ1) is 14.5. The summed E-state index contributed by atoms with van der Waals surface area (Å²) in [6.07, 6.45) is 0. The molecule has 1 fully saturated rings. The summed E-state index contributed by atoms with van der Waals surface area (Å²) in [6, 6.07) is 6.82. The molecular weight excluding hydrogens is 262 g/mol. The molecule has 1 atom stereocenters. The number of hydrogen-bond acceptors (Lipinski definition) is 4. The van der Waals surface area contributed by atoms with Gasteiger partial charge in [-0.25, -0.2) is 8.42 Å². The van der Waals surface area contributed by atoms with Gasteiger partial charge >= 0.3 is 0 Å². The van der Waals surface area contributed by atoms with E-state index in [1.165, 1.54) is 0 Å². The Hall–Kier alpha value is -0.950. The van der Waals surface area contributed by atoms with Crippen LogP contribution in [0.1, 0.15) is 12.5 Å². The largest absolute Gasteiger partial charge is 0.326 e. The van der Waals surface area contributed by atoms with E-state index in [9.17, 15) is 8.42 Å². The van der Waals surface area contributed by atoms with Crippen molar-refractivity contribution in [3.05, 3.63) is 29.8 Å². The van der Waals surface area contributed by atoms with Gasteiger partial charge in [-0.05, 0) is 31.7 Å². The molecule has 2 rings (SSSR count). The van der Waals surface area contributed by atoms with Gasteiger partial charge in [-0.1, -0.05) is 12.1 Å². The molecule has 6 heteroatoms. The fraction of sp³-hybridized carbons (Fsp3) is 0.538. The zero-order valence-corrected chi connectivity index (χ0v) is 12.2. The van der Waals surface area contributed by atoms with Crippen molar-refractivity contribution in [2.75, 3.05) is 26.7 Å². The Bertz CT molecular complexity index is 527. The summed E-state index contributed by atoms with van der Waals surface area (Å²) in [5.41, 5.74) is 6.46. The summed E-state index contributed by atoms with van der Waals surface area (Å²) in [4.78, 5) is 2.50. The second-order valence-corrected chi connectivity index (χ2v) is 6.97. The first-order valence-corrected chi connectivity index (χ1v) is 7.88. The Labute approximate surface area is 115 Å². The first-order valence-electron chi connectivity index (χ1n) is 6.44. The van der Waals surface area contributed by atoms with E-state index in [-0.39, 0.29) is 6.04 Å². The molecule has 1 unspecified atom stereocenters. The number of hydrogen-bond donors (Lipinski definition) is 1. The lowest BCUT2D eigenvalue weighted by molar-refractivity contribution is 0.170. The molecule has 0 aromatic heterocycles. The molecule has 1 saturated heterocycles. The smallest absolute Gasteiger partial charge is 0.243 e. The van der Waals surface area contributed by atoms with Crippen molar-refractivity contribution >= 4 is 10.0 Å². The highest BCUT2D eigenvalue weighted by molar-refractivity contribution is 7.89. The third-order valence-electron chi connectivity index (χ3n) is 3.54. The molecule has 0 bridgehead atoms. The van der Waals surface area contributed by atoms with Gasteiger partial charge in [-0.2, -0.15) is 4.31 Å². The Morgan fingerprint density at radius 1 is 1.26 bits per heavy atom. The average molecular weight is 283 g/mol. The summed E-state index contributed by atoms with van der Waals surface area (Å²) in [6.45, 7) is 4.44. The minimum Gasteiger partial charge on any atom is -0.326 e. The number of benzene rings is 1. The van der Waals surface area contributed by atoms with E-state index in [1.54, 1.807) is 28.6 Å². The van der Waals surface area contributed by atoms with E-state index in [1.807, 2.05) is 14.0 Å². The molecule has 5 nitrogen and oxygen atoms in total. The predicted molar refractivity (Wildman–Crippen MR) is 75.2 cm³/mol. The summed E-state index contributed by atoms with van der Waals surface area (Å²) in [5.74, 6) is 0. The Balaban J connectivity index is 2.26. The molecule has 0 spiro atoms. The first-order chi connectivity index (χ1) is 8.95. The van der Waals surface area contributed by atoms with Crippen molar-refractivity contribution in [1.29, 1.82) is 0 Å². The minimum absolute atomic E-state index is 0.00191. The van der Waals surface area contributed by atoms with Crippen LogP contribution >= 0.6 is 0 Å². The van der Waals surface area contributed by atoms with E-state index in [0.29, 0.717) is 18.0 Å². The third kappa shape index (κ3) is 2.97. The molecule has 106 valence electrons. The highest BCUT2D eigenvalue weighted by Gasteiger charge is 2.32. The predicted octanol–water partition coefficient (Wildman–Crippen LogP) is 0.470. The zero-order valence-electron chi connectivity index (χ0n) is 11.4. The van der Waals surface area contributed by atoms with Crippen LogP contribution in [0.15, 0.2) is 29.2 Å². The highest BCUT2D eigenvalue weighted by Crippen LogP contribution is 2.21. The van der Waals surface area contributed by atoms with Gasteiger partial charge in [0.1, 0.15) is 0 Å². The van der Waals surface area contributed by atoms with Crippen molar-refractivity contribution in [1.82, 2.24) is 9.21 Å². The van der Waals surface area contributed by atoms with E-state index >= 15 is 0 Å². The molecule has 0 saturated carbocycles. The van der Waals surface area contributed by atoms with Crippen LogP contribution in [0, 0.1) is 0 Å². The molecule has 1 aromatic rings. The van der Waals surface area contributed by atoms with Gasteiger partial charge in [0.2, 0.25) is 10.0 Å². The molecule has 2 N–H and O–H groups in total. The van der Waals surface area contributed by atoms with Crippen molar-refractivity contribution in [2.24, 2.45) is 5.73 Å². The number of likely N-dealkylation sites (N-methyl/N-ethyl adjacent to an activating group) is 1. The molecule has 1 aliphatic heterocycles. The average Bonchev–Trinajstić information content (AvgIpc) is 2.38. The van der Waals surface area contributed by atoms with Crippen molar-refractivity contribution in [3.8, 4) is 0 Å². The van der Waals surface area contributed by atoms with Gasteiger partial charge in [0.05, 0.1) is 4.90 Å². The summed E-state index contributed by atoms with van der Waals surface area (Å²) in [5, 5.41) is 0. The van der Waals surface area contributed by atoms with Gasteiger partial charge in [0, 0.05) is 32.2 Å². The zero-order chi connectivity index (χ0) is 14.0. The van der Waals surface area contributed by atoms with Crippen LogP contribution in [-0.2, 0) is 16.6 Å². The lowest BCUT2D eigenvalue weighted by Gasteiger charge is -2.37. The molecule has 0 aliphatic carbocycles. The van der Waals surface area contributed by atoms with E-state index in [2.05, 4.69) is 4.90 Å². The fourth-order valence-electron chi connectivity index (χ4n) is 2.41. The van der Waals surface area contributed by atoms with E-state index in [0.717, 1.165) is 18.7 Å². The monoisotopic (exact) mass is 283 g/mol. The van der Waals surface area contributed by atoms with Crippen molar-refractivity contribution in [2.45, 2.75) is 24.4 Å². The summed E-state index contributed by atoms with van der Waals surface area (Å²) in [7, 11) is -1.38. The lowest BCUT2D eigenvalue weighted by atomic mass is 10.2. The van der Waals surface area contributed by atoms with Gasteiger partial charge < -0.3 is 10.6 Å². The second kappa shape index (κ2) is 5.58. The van der Waals surface area contributed by atoms with Crippen LogP contribution in [0.5, 0.6) is 0 Å². The van der Waals surface area contributed by atoms with Gasteiger partial charge in [0.15, 0.2) is 0 Å². The van der Waals surface area contributed by atoms with Crippen LogP contribution in [-0.4, -0.2) is 50.3 Å². The number of rotatable bonds is 3. The maximum atomic E-state index is 12.6. The number of nitrogens with zero attached hydrogens (tertiary/aromatic N) is 2. The second-order valence-electron chi connectivity index (χ2n) is 5.08. The van der Waals surface area contributed by atoms with Crippen molar-refractivity contribution < 1.29 is 8.42 Å². The van der Waals surface area contributed by atoms with Gasteiger partial charge in [-0.15, -0.1) is 0 Å². The number of sulfonamides is 1. The molecular formula is C13H21N3O2S. The maximum absolute atomic E-state index is 12.6. The molecule has 1 aromatic carbocycles. The van der Waals surface area contributed by atoms with Crippen LogP contribution in [0.3, 0.4) is 0 Å². The number of nitrogens with two attached hydrogens (primary N) is 1. The van der Waals surface area contributed by atoms with Gasteiger partial charge in [0.25, 0.3) is 0 Å². The van der Waals surface area contributed by atoms with Crippen LogP contribution in [0.4, 0.5) is 0 Å². The summed E-state index contributed by atoms with van der Waals surface area (Å²) >= 11 is 0. The fourth-order valence-corrected chi connectivity index (χ4v) is 4.03. The maximum Gasteiger partial charge on any atom is 0.243 e. The topological polar surface area (TPSA) is 66.6 Å². The molecule has 0 amide bonds.